The molecule has 27 heavy (non-hydrogen) atoms. The fourth-order valence-electron chi connectivity index (χ4n) is 3.83. The summed E-state index contributed by atoms with van der Waals surface area (Å²) in [7, 11) is 0. The average Bonchev–Trinajstić information content (AvgIpc) is 3.50. The number of benzene rings is 2. The molecule has 0 aromatic heterocycles. The zero-order valence-electron chi connectivity index (χ0n) is 15.2. The summed E-state index contributed by atoms with van der Waals surface area (Å²) < 4.78 is 0. The van der Waals surface area contributed by atoms with Crippen LogP contribution in [-0.2, 0) is 4.79 Å². The van der Waals surface area contributed by atoms with Crippen molar-refractivity contribution in [3.05, 3.63) is 70.7 Å². The smallest absolute Gasteiger partial charge is 0.226 e. The van der Waals surface area contributed by atoms with E-state index in [1.54, 1.807) is 24.3 Å². The molecule has 0 bridgehead atoms. The van der Waals surface area contributed by atoms with Crippen LogP contribution in [0.5, 0.6) is 0 Å². The van der Waals surface area contributed by atoms with Gasteiger partial charge in [0.25, 0.3) is 0 Å². The minimum Gasteiger partial charge on any atom is -0.340 e. The van der Waals surface area contributed by atoms with Gasteiger partial charge in [-0.2, -0.15) is 0 Å². The maximum Gasteiger partial charge on any atom is 0.226 e. The van der Waals surface area contributed by atoms with Crippen LogP contribution < -0.4 is 0 Å². The van der Waals surface area contributed by atoms with Crippen molar-refractivity contribution in [2.45, 2.75) is 12.3 Å². The molecule has 1 saturated carbocycles. The Morgan fingerprint density at radius 1 is 0.926 bits per heavy atom. The van der Waals surface area contributed by atoms with Crippen molar-refractivity contribution in [2.75, 3.05) is 32.7 Å². The molecule has 1 amide bonds. The van der Waals surface area contributed by atoms with Crippen LogP contribution in [0.4, 0.5) is 0 Å². The summed E-state index contributed by atoms with van der Waals surface area (Å²) in [6.07, 6.45) is 0.956. The second-order valence-electron chi connectivity index (χ2n) is 7.39. The quantitative estimate of drug-likeness (QED) is 0.743. The molecule has 2 aromatic carbocycles. The number of nitrogens with zero attached hydrogens (tertiary/aromatic N) is 2. The highest BCUT2D eigenvalue weighted by molar-refractivity contribution is 6.30. The van der Waals surface area contributed by atoms with Gasteiger partial charge in [0.2, 0.25) is 5.91 Å². The minimum absolute atomic E-state index is 0.0952. The van der Waals surface area contributed by atoms with Crippen LogP contribution in [-0.4, -0.2) is 54.2 Å². The summed E-state index contributed by atoms with van der Waals surface area (Å²) in [4.78, 5) is 29.2. The molecule has 1 heterocycles. The first-order chi connectivity index (χ1) is 13.1. The molecular weight excluding hydrogens is 360 g/mol. The normalized spacial score (nSPS) is 22.5. The SMILES string of the molecule is O=C(CN1CCN(C(=O)C2CC2c2ccccc2)CC1)c1ccc(Cl)cc1. The monoisotopic (exact) mass is 382 g/mol. The van der Waals surface area contributed by atoms with Crippen LogP contribution in [0.15, 0.2) is 54.6 Å². The molecule has 4 nitrogen and oxygen atoms in total. The van der Waals surface area contributed by atoms with E-state index in [1.165, 1.54) is 5.56 Å². The highest BCUT2D eigenvalue weighted by atomic mass is 35.5. The van der Waals surface area contributed by atoms with Gasteiger partial charge in [0.15, 0.2) is 5.78 Å². The summed E-state index contributed by atoms with van der Waals surface area (Å²) in [6.45, 7) is 3.27. The van der Waals surface area contributed by atoms with Crippen LogP contribution in [0.2, 0.25) is 5.02 Å². The number of rotatable bonds is 5. The average molecular weight is 383 g/mol. The van der Waals surface area contributed by atoms with Gasteiger partial charge in [0.1, 0.15) is 0 Å². The molecule has 1 saturated heterocycles. The van der Waals surface area contributed by atoms with Gasteiger partial charge in [-0.25, -0.2) is 0 Å². The molecule has 5 heteroatoms. The second-order valence-corrected chi connectivity index (χ2v) is 7.83. The summed E-state index contributed by atoms with van der Waals surface area (Å²) >= 11 is 5.87. The Bertz CT molecular complexity index is 814. The zero-order valence-corrected chi connectivity index (χ0v) is 15.9. The van der Waals surface area contributed by atoms with Gasteiger partial charge in [-0.15, -0.1) is 0 Å². The van der Waals surface area contributed by atoms with Crippen molar-refractivity contribution in [1.82, 2.24) is 9.80 Å². The number of Topliss-reactive ketones (excluding diaryl/α,β-unsaturated/α-hetero) is 1. The lowest BCUT2D eigenvalue weighted by atomic mass is 10.1. The lowest BCUT2D eigenvalue weighted by Gasteiger charge is -2.34. The number of hydrogen-bond acceptors (Lipinski definition) is 3. The lowest BCUT2D eigenvalue weighted by molar-refractivity contribution is -0.134. The first-order valence-electron chi connectivity index (χ1n) is 9.46. The topological polar surface area (TPSA) is 40.6 Å². The third-order valence-electron chi connectivity index (χ3n) is 5.55. The lowest BCUT2D eigenvalue weighted by Crippen LogP contribution is -2.50. The molecule has 0 radical (unpaired) electrons. The van der Waals surface area contributed by atoms with Crippen LogP contribution in [0.25, 0.3) is 0 Å². The molecule has 2 fully saturated rings. The Labute approximate surface area is 164 Å². The first-order valence-corrected chi connectivity index (χ1v) is 9.84. The summed E-state index contributed by atoms with van der Waals surface area (Å²) in [5.74, 6) is 0.878. The number of piperazine rings is 1. The van der Waals surface area contributed by atoms with Crippen LogP contribution >= 0.6 is 11.6 Å². The first kappa shape index (κ1) is 18.2. The number of amides is 1. The fourth-order valence-corrected chi connectivity index (χ4v) is 3.95. The van der Waals surface area contributed by atoms with Crippen LogP contribution in [0.1, 0.15) is 28.3 Å². The van der Waals surface area contributed by atoms with Gasteiger partial charge in [-0.05, 0) is 42.2 Å². The number of hydrogen-bond donors (Lipinski definition) is 0. The van der Waals surface area contributed by atoms with E-state index in [2.05, 4.69) is 17.0 Å². The van der Waals surface area contributed by atoms with E-state index in [0.29, 0.717) is 36.1 Å². The van der Waals surface area contributed by atoms with E-state index in [1.807, 2.05) is 23.1 Å². The van der Waals surface area contributed by atoms with E-state index in [0.717, 1.165) is 19.5 Å². The zero-order chi connectivity index (χ0) is 18.8. The van der Waals surface area contributed by atoms with Crippen molar-refractivity contribution in [3.8, 4) is 0 Å². The second kappa shape index (κ2) is 7.83. The number of carbonyl (C=O) groups is 2. The van der Waals surface area contributed by atoms with Gasteiger partial charge in [-0.1, -0.05) is 41.9 Å². The van der Waals surface area contributed by atoms with Crippen LogP contribution in [0.3, 0.4) is 0 Å². The molecule has 4 rings (SSSR count). The van der Waals surface area contributed by atoms with Gasteiger partial charge >= 0.3 is 0 Å². The predicted molar refractivity (Wildman–Crippen MR) is 106 cm³/mol. The Morgan fingerprint density at radius 3 is 2.26 bits per heavy atom. The van der Waals surface area contributed by atoms with Gasteiger partial charge in [0.05, 0.1) is 6.54 Å². The fraction of sp³-hybridized carbons (Fsp3) is 0.364. The maximum absolute atomic E-state index is 12.8. The Hall–Kier alpha value is -2.17. The maximum atomic E-state index is 12.8. The van der Waals surface area contributed by atoms with Crippen molar-refractivity contribution in [2.24, 2.45) is 5.92 Å². The molecule has 1 aliphatic heterocycles. The standard InChI is InChI=1S/C22H23ClN2O2/c23-18-8-6-17(7-9-18)21(26)15-24-10-12-25(13-11-24)22(27)20-14-19(20)16-4-2-1-3-5-16/h1-9,19-20H,10-15H2. The molecule has 2 atom stereocenters. The summed E-state index contributed by atoms with van der Waals surface area (Å²) in [5.41, 5.74) is 1.95. The van der Waals surface area contributed by atoms with Crippen molar-refractivity contribution < 1.29 is 9.59 Å². The predicted octanol–water partition coefficient (Wildman–Crippen LogP) is 3.47. The van der Waals surface area contributed by atoms with E-state index >= 15 is 0 Å². The summed E-state index contributed by atoms with van der Waals surface area (Å²) in [5, 5.41) is 0.632. The van der Waals surface area contributed by atoms with E-state index < -0.39 is 0 Å². The third-order valence-corrected chi connectivity index (χ3v) is 5.80. The highest BCUT2D eigenvalue weighted by Crippen LogP contribution is 2.48. The van der Waals surface area contributed by atoms with Gasteiger partial charge < -0.3 is 4.90 Å². The molecule has 2 unspecified atom stereocenters. The largest absolute Gasteiger partial charge is 0.340 e. The minimum atomic E-state index is 0.0952. The van der Waals surface area contributed by atoms with E-state index in [-0.39, 0.29) is 17.6 Å². The molecule has 140 valence electrons. The molecule has 0 N–H and O–H groups in total. The van der Waals surface area contributed by atoms with Gasteiger partial charge in [0, 0.05) is 42.7 Å². The van der Waals surface area contributed by atoms with Crippen LogP contribution in [0, 0.1) is 5.92 Å². The Morgan fingerprint density at radius 2 is 1.59 bits per heavy atom. The summed E-state index contributed by atoms with van der Waals surface area (Å²) in [6, 6.07) is 17.3. The molecule has 0 spiro atoms. The molecule has 1 aliphatic carbocycles. The van der Waals surface area contributed by atoms with Crippen molar-refractivity contribution >= 4 is 23.3 Å². The molecular formula is C22H23ClN2O2. The van der Waals surface area contributed by atoms with E-state index in [4.69, 9.17) is 11.6 Å². The number of carbonyl (C=O) groups excluding carboxylic acids is 2. The third kappa shape index (κ3) is 4.23. The Balaban J connectivity index is 1.26. The van der Waals surface area contributed by atoms with Crippen molar-refractivity contribution in [3.63, 3.8) is 0 Å². The molecule has 2 aromatic rings. The Kier molecular flexibility index (Phi) is 5.28. The van der Waals surface area contributed by atoms with Crippen molar-refractivity contribution in [1.29, 1.82) is 0 Å². The number of halogens is 1. The van der Waals surface area contributed by atoms with E-state index in [9.17, 15) is 9.59 Å². The molecule has 2 aliphatic rings. The van der Waals surface area contributed by atoms with Gasteiger partial charge in [-0.3, -0.25) is 14.5 Å². The highest BCUT2D eigenvalue weighted by Gasteiger charge is 2.45. The number of ketones is 1.